The number of benzene rings is 1. The van der Waals surface area contributed by atoms with Gasteiger partial charge >= 0.3 is 0 Å². The van der Waals surface area contributed by atoms with E-state index >= 15 is 0 Å². The lowest BCUT2D eigenvalue weighted by Crippen LogP contribution is -2.36. The number of carbonyl (C=O) groups excluding carboxylic acids is 1. The van der Waals surface area contributed by atoms with E-state index in [4.69, 9.17) is 4.98 Å². The van der Waals surface area contributed by atoms with Gasteiger partial charge in [0.2, 0.25) is 0 Å². The number of fused-ring (bicyclic) bond motifs is 2. The van der Waals surface area contributed by atoms with E-state index in [0.717, 1.165) is 44.7 Å². The molecule has 2 aliphatic heterocycles. The van der Waals surface area contributed by atoms with E-state index in [0.29, 0.717) is 5.56 Å². The van der Waals surface area contributed by atoms with Crippen LogP contribution in [0.5, 0.6) is 0 Å². The van der Waals surface area contributed by atoms with Crippen molar-refractivity contribution in [2.24, 2.45) is 0 Å². The van der Waals surface area contributed by atoms with Gasteiger partial charge in [-0.2, -0.15) is 0 Å². The second-order valence-corrected chi connectivity index (χ2v) is 7.36. The number of imidazole rings is 1. The van der Waals surface area contributed by atoms with Gasteiger partial charge in [-0.3, -0.25) is 9.78 Å². The van der Waals surface area contributed by atoms with Gasteiger partial charge in [-0.05, 0) is 42.5 Å². The number of likely N-dealkylation sites (tertiary alicyclic amines) is 1. The van der Waals surface area contributed by atoms with Crippen molar-refractivity contribution < 1.29 is 4.79 Å². The Kier molecular flexibility index (Phi) is 4.28. The number of pyridine rings is 1. The molecule has 0 aliphatic carbocycles. The van der Waals surface area contributed by atoms with E-state index in [1.54, 1.807) is 24.5 Å². The highest BCUT2D eigenvalue weighted by Crippen LogP contribution is 2.35. The quantitative estimate of drug-likeness (QED) is 0.658. The molecule has 5 nitrogen and oxygen atoms in total. The van der Waals surface area contributed by atoms with Crippen molar-refractivity contribution in [3.63, 3.8) is 0 Å². The summed E-state index contributed by atoms with van der Waals surface area (Å²) in [5, 5.41) is 0. The molecule has 3 aromatic rings. The average molecular weight is 370 g/mol. The van der Waals surface area contributed by atoms with Gasteiger partial charge in [0.1, 0.15) is 5.82 Å². The fraction of sp³-hybridized carbons (Fsp3) is 0.261. The van der Waals surface area contributed by atoms with Crippen LogP contribution in [0, 0.1) is 0 Å². The summed E-state index contributed by atoms with van der Waals surface area (Å²) in [7, 11) is 0. The van der Waals surface area contributed by atoms with Crippen LogP contribution in [0.2, 0.25) is 0 Å². The third-order valence-corrected chi connectivity index (χ3v) is 5.78. The first-order valence-electron chi connectivity index (χ1n) is 9.82. The molecule has 4 heterocycles. The van der Waals surface area contributed by atoms with Gasteiger partial charge < -0.3 is 9.47 Å². The second-order valence-electron chi connectivity index (χ2n) is 7.36. The van der Waals surface area contributed by atoms with E-state index in [2.05, 4.69) is 40.0 Å². The highest BCUT2D eigenvalue weighted by Gasteiger charge is 2.26. The van der Waals surface area contributed by atoms with Crippen molar-refractivity contribution in [3.05, 3.63) is 89.3 Å². The SMILES string of the molecule is O=C(c1ccncc1)N1CCC(=C2c3ccccc3CCn3ccnc32)CC1. The summed E-state index contributed by atoms with van der Waals surface area (Å²) in [5.74, 6) is 1.16. The number of aromatic nitrogens is 3. The van der Waals surface area contributed by atoms with Crippen LogP contribution in [-0.4, -0.2) is 38.4 Å². The Labute approximate surface area is 164 Å². The number of aryl methyl sites for hydroxylation is 2. The second kappa shape index (κ2) is 7.08. The van der Waals surface area contributed by atoms with Crippen molar-refractivity contribution in [1.82, 2.24) is 19.4 Å². The van der Waals surface area contributed by atoms with Gasteiger partial charge in [-0.25, -0.2) is 4.98 Å². The monoisotopic (exact) mass is 370 g/mol. The Morgan fingerprint density at radius 2 is 1.68 bits per heavy atom. The Bertz CT molecular complexity index is 1040. The standard InChI is InChI=1S/C23H22N4O/c28-23(19-5-10-24-11-6-19)27-14-8-18(9-15-27)21-20-4-2-1-3-17(20)7-13-26-16-12-25-22(21)26/h1-6,10-12,16H,7-9,13-15H2. The molecule has 0 N–H and O–H groups in total. The van der Waals surface area contributed by atoms with Gasteiger partial charge in [0.25, 0.3) is 5.91 Å². The molecule has 2 aromatic heterocycles. The summed E-state index contributed by atoms with van der Waals surface area (Å²) in [6.45, 7) is 2.43. The fourth-order valence-corrected chi connectivity index (χ4v) is 4.32. The van der Waals surface area contributed by atoms with Gasteiger partial charge in [0.05, 0.1) is 0 Å². The molecule has 140 valence electrons. The molecule has 28 heavy (non-hydrogen) atoms. The first-order chi connectivity index (χ1) is 13.8. The number of amides is 1. The third kappa shape index (κ3) is 2.93. The normalized spacial score (nSPS) is 16.4. The molecule has 0 unspecified atom stereocenters. The van der Waals surface area contributed by atoms with E-state index in [-0.39, 0.29) is 5.91 Å². The van der Waals surface area contributed by atoms with Crippen LogP contribution in [0.1, 0.15) is 40.2 Å². The van der Waals surface area contributed by atoms with Crippen LogP contribution in [0.3, 0.4) is 0 Å². The summed E-state index contributed by atoms with van der Waals surface area (Å²) in [6, 6.07) is 12.2. The first-order valence-corrected chi connectivity index (χ1v) is 9.82. The van der Waals surface area contributed by atoms with E-state index < -0.39 is 0 Å². The predicted octanol–water partition coefficient (Wildman–Crippen LogP) is 3.57. The zero-order valence-corrected chi connectivity index (χ0v) is 15.7. The van der Waals surface area contributed by atoms with Crippen LogP contribution < -0.4 is 0 Å². The maximum absolute atomic E-state index is 12.8. The Hall–Kier alpha value is -3.21. The van der Waals surface area contributed by atoms with Gasteiger partial charge in [-0.15, -0.1) is 0 Å². The molecule has 1 fully saturated rings. The molecule has 1 amide bonds. The van der Waals surface area contributed by atoms with Crippen molar-refractivity contribution >= 4 is 11.5 Å². The zero-order chi connectivity index (χ0) is 18.9. The third-order valence-electron chi connectivity index (χ3n) is 5.78. The lowest BCUT2D eigenvalue weighted by atomic mass is 9.90. The molecule has 5 heteroatoms. The van der Waals surface area contributed by atoms with E-state index in [1.807, 2.05) is 11.1 Å². The number of nitrogens with zero attached hydrogens (tertiary/aromatic N) is 4. The molecular weight excluding hydrogens is 348 g/mol. The lowest BCUT2D eigenvalue weighted by molar-refractivity contribution is 0.0743. The maximum atomic E-state index is 12.8. The van der Waals surface area contributed by atoms with Crippen molar-refractivity contribution in [3.8, 4) is 0 Å². The van der Waals surface area contributed by atoms with Crippen LogP contribution in [0.4, 0.5) is 0 Å². The average Bonchev–Trinajstić information content (AvgIpc) is 3.16. The van der Waals surface area contributed by atoms with Gasteiger partial charge in [0, 0.05) is 55.6 Å². The summed E-state index contributed by atoms with van der Waals surface area (Å²) in [4.78, 5) is 23.4. The Morgan fingerprint density at radius 3 is 2.50 bits per heavy atom. The van der Waals surface area contributed by atoms with Crippen molar-refractivity contribution in [1.29, 1.82) is 0 Å². The minimum absolute atomic E-state index is 0.0919. The largest absolute Gasteiger partial charge is 0.338 e. The molecule has 5 rings (SSSR count). The summed E-state index contributed by atoms with van der Waals surface area (Å²) in [5.41, 5.74) is 6.07. The molecule has 1 aromatic carbocycles. The topological polar surface area (TPSA) is 51.0 Å². The van der Waals surface area contributed by atoms with E-state index in [9.17, 15) is 4.79 Å². The molecule has 0 bridgehead atoms. The van der Waals surface area contributed by atoms with Gasteiger partial charge in [-0.1, -0.05) is 29.8 Å². The first kappa shape index (κ1) is 16.9. The minimum atomic E-state index is 0.0919. The molecular formula is C23H22N4O. The Morgan fingerprint density at radius 1 is 0.893 bits per heavy atom. The predicted molar refractivity (Wildman–Crippen MR) is 108 cm³/mol. The number of carbonyl (C=O) groups is 1. The highest BCUT2D eigenvalue weighted by molar-refractivity contribution is 5.94. The lowest BCUT2D eigenvalue weighted by Gasteiger charge is -2.30. The number of hydrogen-bond donors (Lipinski definition) is 0. The molecule has 0 atom stereocenters. The minimum Gasteiger partial charge on any atom is -0.338 e. The van der Waals surface area contributed by atoms with Gasteiger partial charge in [0.15, 0.2) is 0 Å². The maximum Gasteiger partial charge on any atom is 0.253 e. The fourth-order valence-electron chi connectivity index (χ4n) is 4.32. The highest BCUT2D eigenvalue weighted by atomic mass is 16.2. The van der Waals surface area contributed by atoms with Crippen molar-refractivity contribution in [2.75, 3.05) is 13.1 Å². The molecule has 0 spiro atoms. The van der Waals surface area contributed by atoms with E-state index in [1.165, 1.54) is 22.3 Å². The summed E-state index contributed by atoms with van der Waals surface area (Å²) in [6.07, 6.45) is 10.1. The van der Waals surface area contributed by atoms with Crippen LogP contribution in [0.15, 0.2) is 66.8 Å². The summed E-state index contributed by atoms with van der Waals surface area (Å²) >= 11 is 0. The van der Waals surface area contributed by atoms with Crippen LogP contribution in [-0.2, 0) is 13.0 Å². The summed E-state index contributed by atoms with van der Waals surface area (Å²) < 4.78 is 2.26. The van der Waals surface area contributed by atoms with Crippen molar-refractivity contribution in [2.45, 2.75) is 25.8 Å². The number of piperidine rings is 1. The van der Waals surface area contributed by atoms with Crippen LogP contribution >= 0.6 is 0 Å². The molecule has 2 aliphatic rings. The molecule has 0 radical (unpaired) electrons. The van der Waals surface area contributed by atoms with Crippen LogP contribution in [0.25, 0.3) is 5.57 Å². The smallest absolute Gasteiger partial charge is 0.253 e. The number of rotatable bonds is 1. The zero-order valence-electron chi connectivity index (χ0n) is 15.7. The molecule has 1 saturated heterocycles. The molecule has 0 saturated carbocycles. The number of hydrogen-bond acceptors (Lipinski definition) is 3. The Balaban J connectivity index is 1.48.